The van der Waals surface area contributed by atoms with Gasteiger partial charge in [-0.1, -0.05) is 18.2 Å². The van der Waals surface area contributed by atoms with Crippen molar-refractivity contribution in [3.05, 3.63) is 65.5 Å². The Morgan fingerprint density at radius 3 is 2.21 bits per heavy atom. The highest BCUT2D eigenvalue weighted by molar-refractivity contribution is 9.10. The van der Waals surface area contributed by atoms with Crippen molar-refractivity contribution in [2.75, 3.05) is 0 Å². The molecule has 19 heavy (non-hydrogen) atoms. The minimum atomic E-state index is 0.807. The number of ether oxygens (including phenoxy) is 1. The average molecular weight is 315 g/mol. The van der Waals surface area contributed by atoms with Crippen molar-refractivity contribution in [2.24, 2.45) is 0 Å². The van der Waals surface area contributed by atoms with Gasteiger partial charge in [0.1, 0.15) is 21.8 Å². The van der Waals surface area contributed by atoms with Crippen molar-refractivity contribution in [1.82, 2.24) is 9.97 Å². The summed E-state index contributed by atoms with van der Waals surface area (Å²) in [5.74, 6) is 1.64. The quantitative estimate of drug-likeness (QED) is 0.765. The molecule has 1 heterocycles. The largest absolute Gasteiger partial charge is 0.457 e. The molecule has 0 amide bonds. The van der Waals surface area contributed by atoms with E-state index in [4.69, 9.17) is 4.74 Å². The maximum atomic E-state index is 5.74. The molecule has 1 aromatic heterocycles. The van der Waals surface area contributed by atoms with E-state index in [9.17, 15) is 0 Å². The summed E-state index contributed by atoms with van der Waals surface area (Å²) in [6, 6.07) is 17.6. The van der Waals surface area contributed by atoms with Crippen molar-refractivity contribution in [3.8, 4) is 22.8 Å². The van der Waals surface area contributed by atoms with Crippen LogP contribution < -0.4 is 4.74 Å². The number of benzene rings is 2. The van der Waals surface area contributed by atoms with Crippen LogP contribution in [0.5, 0.6) is 11.5 Å². The zero-order valence-corrected chi connectivity index (χ0v) is 11.6. The Balaban J connectivity index is 1.82. The SMILES string of the molecule is Brc1[nH]cnc1-c1ccc(Oc2ccccc2)cc1. The van der Waals surface area contributed by atoms with Crippen molar-refractivity contribution in [1.29, 1.82) is 0 Å². The van der Waals surface area contributed by atoms with Crippen LogP contribution >= 0.6 is 15.9 Å². The predicted molar refractivity (Wildman–Crippen MR) is 78.2 cm³/mol. The van der Waals surface area contributed by atoms with Gasteiger partial charge in [-0.2, -0.15) is 0 Å². The summed E-state index contributed by atoms with van der Waals surface area (Å²) >= 11 is 3.43. The highest BCUT2D eigenvalue weighted by Gasteiger charge is 2.05. The number of imidazole rings is 1. The maximum absolute atomic E-state index is 5.74. The summed E-state index contributed by atoms with van der Waals surface area (Å²) in [7, 11) is 0. The molecule has 2 aromatic carbocycles. The van der Waals surface area contributed by atoms with Gasteiger partial charge in [-0.3, -0.25) is 0 Å². The number of aromatic amines is 1. The Bertz CT molecular complexity index is 662. The van der Waals surface area contributed by atoms with Gasteiger partial charge in [0, 0.05) is 5.56 Å². The summed E-state index contributed by atoms with van der Waals surface area (Å²) in [6.07, 6.45) is 1.66. The molecule has 0 bridgehead atoms. The maximum Gasteiger partial charge on any atom is 0.127 e. The number of hydrogen-bond acceptors (Lipinski definition) is 2. The van der Waals surface area contributed by atoms with Crippen LogP contribution in [0, 0.1) is 0 Å². The molecule has 0 saturated carbocycles. The van der Waals surface area contributed by atoms with Gasteiger partial charge in [0.2, 0.25) is 0 Å². The second kappa shape index (κ2) is 5.28. The number of aromatic nitrogens is 2. The lowest BCUT2D eigenvalue weighted by molar-refractivity contribution is 0.483. The minimum Gasteiger partial charge on any atom is -0.457 e. The number of hydrogen-bond donors (Lipinski definition) is 1. The molecule has 94 valence electrons. The first-order valence-corrected chi connectivity index (χ1v) is 6.64. The van der Waals surface area contributed by atoms with Crippen LogP contribution in [0.4, 0.5) is 0 Å². The van der Waals surface area contributed by atoms with Crippen LogP contribution in [-0.4, -0.2) is 9.97 Å². The second-order valence-electron chi connectivity index (χ2n) is 4.00. The molecule has 0 fully saturated rings. The van der Waals surface area contributed by atoms with Gasteiger partial charge in [-0.15, -0.1) is 0 Å². The van der Waals surface area contributed by atoms with Crippen molar-refractivity contribution >= 4 is 15.9 Å². The minimum absolute atomic E-state index is 0.807. The van der Waals surface area contributed by atoms with E-state index in [1.54, 1.807) is 6.33 Å². The number of H-pyrrole nitrogens is 1. The first-order valence-electron chi connectivity index (χ1n) is 5.85. The Morgan fingerprint density at radius 2 is 1.58 bits per heavy atom. The molecule has 1 N–H and O–H groups in total. The highest BCUT2D eigenvalue weighted by Crippen LogP contribution is 2.27. The van der Waals surface area contributed by atoms with E-state index in [0.29, 0.717) is 0 Å². The van der Waals surface area contributed by atoms with Gasteiger partial charge in [0.15, 0.2) is 0 Å². The van der Waals surface area contributed by atoms with Crippen molar-refractivity contribution < 1.29 is 4.74 Å². The monoisotopic (exact) mass is 314 g/mol. The predicted octanol–water partition coefficient (Wildman–Crippen LogP) is 4.63. The van der Waals surface area contributed by atoms with Crippen LogP contribution in [0.25, 0.3) is 11.3 Å². The molecule has 0 aliphatic heterocycles. The summed E-state index contributed by atoms with van der Waals surface area (Å²) in [6.45, 7) is 0. The third kappa shape index (κ3) is 2.69. The third-order valence-electron chi connectivity index (χ3n) is 2.70. The molecular weight excluding hydrogens is 304 g/mol. The fraction of sp³-hybridized carbons (Fsp3) is 0. The molecule has 0 atom stereocenters. The van der Waals surface area contributed by atoms with Gasteiger partial charge in [-0.25, -0.2) is 4.98 Å². The molecule has 3 nitrogen and oxygen atoms in total. The lowest BCUT2D eigenvalue weighted by Crippen LogP contribution is -1.84. The summed E-state index contributed by atoms with van der Waals surface area (Å²) in [4.78, 5) is 7.25. The van der Waals surface area contributed by atoms with E-state index in [1.807, 2.05) is 54.6 Å². The Morgan fingerprint density at radius 1 is 0.895 bits per heavy atom. The molecule has 0 saturated heterocycles. The molecule has 4 heteroatoms. The number of halogens is 1. The molecule has 0 radical (unpaired) electrons. The van der Waals surface area contributed by atoms with Gasteiger partial charge in [-0.05, 0) is 52.3 Å². The molecular formula is C15H11BrN2O. The van der Waals surface area contributed by atoms with Gasteiger partial charge >= 0.3 is 0 Å². The molecule has 0 aliphatic rings. The molecule has 3 aromatic rings. The van der Waals surface area contributed by atoms with E-state index in [-0.39, 0.29) is 0 Å². The van der Waals surface area contributed by atoms with Crippen LogP contribution in [-0.2, 0) is 0 Å². The normalized spacial score (nSPS) is 10.4. The number of rotatable bonds is 3. The zero-order valence-electron chi connectivity index (χ0n) is 10.0. The van der Waals surface area contributed by atoms with Gasteiger partial charge < -0.3 is 9.72 Å². The topological polar surface area (TPSA) is 37.9 Å². The fourth-order valence-corrected chi connectivity index (χ4v) is 2.22. The smallest absolute Gasteiger partial charge is 0.127 e. The lowest BCUT2D eigenvalue weighted by atomic mass is 10.1. The van der Waals surface area contributed by atoms with Gasteiger partial charge in [0.25, 0.3) is 0 Å². The van der Waals surface area contributed by atoms with E-state index in [2.05, 4.69) is 25.9 Å². The number of para-hydroxylation sites is 1. The Kier molecular flexibility index (Phi) is 3.33. The number of nitrogens with zero attached hydrogens (tertiary/aromatic N) is 1. The molecule has 0 unspecified atom stereocenters. The van der Waals surface area contributed by atoms with Crippen LogP contribution in [0.2, 0.25) is 0 Å². The van der Waals surface area contributed by atoms with E-state index >= 15 is 0 Å². The van der Waals surface area contributed by atoms with Crippen molar-refractivity contribution in [2.45, 2.75) is 0 Å². The first kappa shape index (κ1) is 12.0. The summed E-state index contributed by atoms with van der Waals surface area (Å²) in [5, 5.41) is 0. The van der Waals surface area contributed by atoms with Crippen LogP contribution in [0.3, 0.4) is 0 Å². The highest BCUT2D eigenvalue weighted by atomic mass is 79.9. The Hall–Kier alpha value is -2.07. The summed E-state index contributed by atoms with van der Waals surface area (Å²) < 4.78 is 6.62. The second-order valence-corrected chi connectivity index (χ2v) is 4.80. The first-order chi connectivity index (χ1) is 9.33. The van der Waals surface area contributed by atoms with Gasteiger partial charge in [0.05, 0.1) is 6.33 Å². The van der Waals surface area contributed by atoms with E-state index in [0.717, 1.165) is 27.4 Å². The van der Waals surface area contributed by atoms with E-state index < -0.39 is 0 Å². The Labute approximate surface area is 119 Å². The average Bonchev–Trinajstić information content (AvgIpc) is 2.87. The summed E-state index contributed by atoms with van der Waals surface area (Å²) in [5.41, 5.74) is 1.93. The number of nitrogens with one attached hydrogen (secondary N) is 1. The molecule has 3 rings (SSSR count). The third-order valence-corrected chi connectivity index (χ3v) is 3.30. The molecule has 0 aliphatic carbocycles. The molecule has 0 spiro atoms. The van der Waals surface area contributed by atoms with E-state index in [1.165, 1.54) is 0 Å². The van der Waals surface area contributed by atoms with Crippen molar-refractivity contribution in [3.63, 3.8) is 0 Å². The fourth-order valence-electron chi connectivity index (χ4n) is 1.79. The van der Waals surface area contributed by atoms with Crippen LogP contribution in [0.15, 0.2) is 65.5 Å². The standard InChI is InChI=1S/C15H11BrN2O/c16-15-14(17-10-18-15)11-6-8-13(9-7-11)19-12-4-2-1-3-5-12/h1-10H,(H,17,18). The zero-order chi connectivity index (χ0) is 13.1. The lowest BCUT2D eigenvalue weighted by Gasteiger charge is -2.06. The van der Waals surface area contributed by atoms with Crippen LogP contribution in [0.1, 0.15) is 0 Å².